The maximum Gasteiger partial charge on any atom is 0.185 e. The van der Waals surface area contributed by atoms with E-state index in [1.54, 1.807) is 12.3 Å². The van der Waals surface area contributed by atoms with Crippen molar-refractivity contribution in [3.63, 3.8) is 0 Å². The van der Waals surface area contributed by atoms with Crippen LogP contribution in [-0.2, 0) is 9.84 Å². The van der Waals surface area contributed by atoms with Crippen LogP contribution in [0.5, 0.6) is 0 Å². The van der Waals surface area contributed by atoms with Gasteiger partial charge in [-0.25, -0.2) is 8.42 Å². The molecular formula is C14H16Cl2NO3S+. The van der Waals surface area contributed by atoms with E-state index in [2.05, 4.69) is 0 Å². The monoisotopic (exact) mass is 348 g/mol. The van der Waals surface area contributed by atoms with Crippen LogP contribution in [0.1, 0.15) is 18.7 Å². The Morgan fingerprint density at radius 1 is 1.29 bits per heavy atom. The van der Waals surface area contributed by atoms with Crippen LogP contribution in [0.3, 0.4) is 0 Å². The van der Waals surface area contributed by atoms with Crippen molar-refractivity contribution in [1.29, 1.82) is 0 Å². The minimum absolute atomic E-state index is 0.0158. The summed E-state index contributed by atoms with van der Waals surface area (Å²) in [6.07, 6.45) is 1.60. The minimum atomic E-state index is -3.46. The predicted molar refractivity (Wildman–Crippen MR) is 82.4 cm³/mol. The Kier molecular flexibility index (Phi) is 5.32. The molecule has 2 aromatic rings. The number of halogens is 2. The van der Waals surface area contributed by atoms with E-state index in [1.165, 1.54) is 12.1 Å². The molecule has 114 valence electrons. The van der Waals surface area contributed by atoms with Crippen LogP contribution >= 0.6 is 23.2 Å². The lowest BCUT2D eigenvalue weighted by Gasteiger charge is -2.09. The van der Waals surface area contributed by atoms with Gasteiger partial charge in [-0.1, -0.05) is 23.2 Å². The van der Waals surface area contributed by atoms with Gasteiger partial charge in [-0.15, -0.1) is 0 Å². The first-order valence-electron chi connectivity index (χ1n) is 6.44. The predicted octanol–water partition coefficient (Wildman–Crippen LogP) is 2.68. The van der Waals surface area contributed by atoms with E-state index in [0.29, 0.717) is 11.6 Å². The number of benzene rings is 1. The Balaban J connectivity index is 2.00. The molecular weight excluding hydrogens is 333 g/mol. The first-order chi connectivity index (χ1) is 9.90. The van der Waals surface area contributed by atoms with Crippen LogP contribution in [0.25, 0.3) is 0 Å². The summed E-state index contributed by atoms with van der Waals surface area (Å²) in [5.74, 6) is 0.797. The van der Waals surface area contributed by atoms with E-state index in [1.807, 2.05) is 24.4 Å². The number of furan rings is 1. The summed E-state index contributed by atoms with van der Waals surface area (Å²) >= 11 is 11.8. The van der Waals surface area contributed by atoms with Crippen molar-refractivity contribution in [2.45, 2.75) is 17.9 Å². The fourth-order valence-corrected chi connectivity index (χ4v) is 4.01. The number of hydrogen-bond acceptors (Lipinski definition) is 3. The van der Waals surface area contributed by atoms with Gasteiger partial charge in [0.1, 0.15) is 11.8 Å². The molecule has 1 atom stereocenters. The molecule has 0 aliphatic rings. The van der Waals surface area contributed by atoms with Crippen LogP contribution in [-0.4, -0.2) is 20.7 Å². The summed E-state index contributed by atoms with van der Waals surface area (Å²) in [6, 6.07) is 8.17. The van der Waals surface area contributed by atoms with Gasteiger partial charge in [0.25, 0.3) is 0 Å². The zero-order valence-corrected chi connectivity index (χ0v) is 13.8. The average molecular weight is 349 g/mol. The molecule has 4 nitrogen and oxygen atoms in total. The molecule has 0 bridgehead atoms. The van der Waals surface area contributed by atoms with Gasteiger partial charge >= 0.3 is 0 Å². The van der Waals surface area contributed by atoms with E-state index >= 15 is 0 Å². The Hall–Kier alpha value is -1.01. The van der Waals surface area contributed by atoms with E-state index in [4.69, 9.17) is 27.6 Å². The van der Waals surface area contributed by atoms with Gasteiger partial charge in [-0.3, -0.25) is 0 Å². The fraction of sp³-hybridized carbons (Fsp3) is 0.286. The third-order valence-electron chi connectivity index (χ3n) is 3.13. The summed E-state index contributed by atoms with van der Waals surface area (Å²) in [7, 11) is -3.46. The van der Waals surface area contributed by atoms with E-state index in [-0.39, 0.29) is 21.7 Å². The molecule has 0 aliphatic carbocycles. The van der Waals surface area contributed by atoms with E-state index in [9.17, 15) is 8.42 Å². The highest BCUT2D eigenvalue weighted by Gasteiger charge is 2.20. The zero-order valence-electron chi connectivity index (χ0n) is 11.4. The highest BCUT2D eigenvalue weighted by Crippen LogP contribution is 2.25. The number of rotatable bonds is 6. The Morgan fingerprint density at radius 3 is 2.71 bits per heavy atom. The molecule has 0 radical (unpaired) electrons. The van der Waals surface area contributed by atoms with Gasteiger partial charge in [0.15, 0.2) is 15.6 Å². The van der Waals surface area contributed by atoms with Gasteiger partial charge in [-0.05, 0) is 37.3 Å². The summed E-state index contributed by atoms with van der Waals surface area (Å²) < 4.78 is 29.9. The quantitative estimate of drug-likeness (QED) is 0.872. The number of nitrogens with two attached hydrogens (primary N) is 1. The van der Waals surface area contributed by atoms with Crippen LogP contribution in [0, 0.1) is 0 Å². The summed E-state index contributed by atoms with van der Waals surface area (Å²) in [6.45, 7) is 2.37. The molecule has 2 rings (SSSR count). The summed E-state index contributed by atoms with van der Waals surface area (Å²) in [5, 5.41) is 2.46. The van der Waals surface area contributed by atoms with Crippen molar-refractivity contribution in [3.05, 3.63) is 52.4 Å². The van der Waals surface area contributed by atoms with Gasteiger partial charge in [0.2, 0.25) is 0 Å². The second kappa shape index (κ2) is 6.83. The zero-order chi connectivity index (χ0) is 15.5. The van der Waals surface area contributed by atoms with Crippen LogP contribution in [0.4, 0.5) is 0 Å². The van der Waals surface area contributed by atoms with E-state index in [0.717, 1.165) is 5.76 Å². The molecule has 2 N–H and O–H groups in total. The molecule has 1 aromatic heterocycles. The van der Waals surface area contributed by atoms with Crippen molar-refractivity contribution in [2.75, 3.05) is 12.3 Å². The van der Waals surface area contributed by atoms with Crippen molar-refractivity contribution >= 4 is 33.0 Å². The summed E-state index contributed by atoms with van der Waals surface area (Å²) in [5.41, 5.74) is 0. The lowest BCUT2D eigenvalue weighted by molar-refractivity contribution is -0.690. The second-order valence-electron chi connectivity index (χ2n) is 4.72. The first kappa shape index (κ1) is 16.4. The Morgan fingerprint density at radius 2 is 2.05 bits per heavy atom. The first-order valence-corrected chi connectivity index (χ1v) is 8.85. The lowest BCUT2D eigenvalue weighted by Crippen LogP contribution is -2.85. The van der Waals surface area contributed by atoms with Crippen molar-refractivity contribution in [2.24, 2.45) is 0 Å². The molecule has 0 spiro atoms. The molecule has 0 unspecified atom stereocenters. The number of hydrogen-bond donors (Lipinski definition) is 1. The fourth-order valence-electron chi connectivity index (χ4n) is 1.97. The van der Waals surface area contributed by atoms with Gasteiger partial charge in [-0.2, -0.15) is 0 Å². The molecule has 0 amide bonds. The van der Waals surface area contributed by atoms with Crippen molar-refractivity contribution in [3.8, 4) is 0 Å². The molecule has 1 heterocycles. The van der Waals surface area contributed by atoms with Gasteiger partial charge in [0, 0.05) is 5.02 Å². The lowest BCUT2D eigenvalue weighted by atomic mass is 10.2. The average Bonchev–Trinajstić information content (AvgIpc) is 2.95. The minimum Gasteiger partial charge on any atom is -0.463 e. The highest BCUT2D eigenvalue weighted by molar-refractivity contribution is 7.91. The maximum absolute atomic E-state index is 12.3. The number of sulfone groups is 1. The number of quaternary nitrogens is 1. The summed E-state index contributed by atoms with van der Waals surface area (Å²) in [4.78, 5) is 0.0794. The molecule has 7 heteroatoms. The third-order valence-corrected chi connectivity index (χ3v) is 5.58. The van der Waals surface area contributed by atoms with Crippen molar-refractivity contribution < 1.29 is 18.2 Å². The smallest absolute Gasteiger partial charge is 0.185 e. The molecule has 0 fully saturated rings. The second-order valence-corrected chi connectivity index (χ2v) is 7.64. The van der Waals surface area contributed by atoms with Crippen LogP contribution in [0.15, 0.2) is 45.9 Å². The molecule has 0 saturated heterocycles. The highest BCUT2D eigenvalue weighted by atomic mass is 35.5. The topological polar surface area (TPSA) is 63.9 Å². The standard InChI is InChI=1S/C14H15Cl2NO3S/c1-10(13-3-2-7-20-13)17-6-8-21(18,19)14-9-11(15)4-5-12(14)16/h2-5,7,9-10,17H,6,8H2,1H3/p+1/t10-/m1/s1. The normalized spacial score (nSPS) is 13.3. The Labute approximate surface area is 134 Å². The van der Waals surface area contributed by atoms with Crippen LogP contribution in [0.2, 0.25) is 10.0 Å². The van der Waals surface area contributed by atoms with Crippen LogP contribution < -0.4 is 5.32 Å². The Bertz CT molecular complexity index is 699. The molecule has 0 saturated carbocycles. The molecule has 21 heavy (non-hydrogen) atoms. The van der Waals surface area contributed by atoms with Crippen molar-refractivity contribution in [1.82, 2.24) is 0 Å². The largest absolute Gasteiger partial charge is 0.463 e. The molecule has 1 aromatic carbocycles. The maximum atomic E-state index is 12.3. The third kappa shape index (κ3) is 4.23. The van der Waals surface area contributed by atoms with Gasteiger partial charge < -0.3 is 9.73 Å². The molecule has 0 aliphatic heterocycles. The SMILES string of the molecule is C[C@@H]([NH2+]CCS(=O)(=O)c1cc(Cl)ccc1Cl)c1ccco1. The van der Waals surface area contributed by atoms with Gasteiger partial charge in [0.05, 0.1) is 22.7 Å². The van der Waals surface area contributed by atoms with E-state index < -0.39 is 9.84 Å².